The van der Waals surface area contributed by atoms with Crippen molar-refractivity contribution in [3.63, 3.8) is 0 Å². The fourth-order valence-electron chi connectivity index (χ4n) is 2.45. The minimum Gasteiger partial charge on any atom is -0.0885 e. The first-order valence-electron chi connectivity index (χ1n) is 7.56. The van der Waals surface area contributed by atoms with E-state index < -0.39 is 0 Å². The van der Waals surface area contributed by atoms with Crippen molar-refractivity contribution in [2.45, 2.75) is 74.1 Å². The normalized spacial score (nSPS) is 19.8. The van der Waals surface area contributed by atoms with Gasteiger partial charge in [-0.05, 0) is 43.9 Å². The van der Waals surface area contributed by atoms with Crippen LogP contribution in [-0.2, 0) is 0 Å². The molecule has 0 heterocycles. The van der Waals surface area contributed by atoms with Gasteiger partial charge in [0.15, 0.2) is 0 Å². The second-order valence-corrected chi connectivity index (χ2v) is 6.09. The molecule has 0 aromatic carbocycles. The van der Waals surface area contributed by atoms with Crippen LogP contribution in [-0.4, -0.2) is 0 Å². The van der Waals surface area contributed by atoms with Crippen LogP contribution in [0.1, 0.15) is 74.1 Å². The molecule has 0 aromatic heterocycles. The third-order valence-corrected chi connectivity index (χ3v) is 4.97. The van der Waals surface area contributed by atoms with E-state index in [1.807, 2.05) is 0 Å². The van der Waals surface area contributed by atoms with E-state index in [1.54, 1.807) is 5.57 Å². The number of hydrogen-bond donors (Lipinski definition) is 0. The number of hydrogen-bond acceptors (Lipinski definition) is 0. The van der Waals surface area contributed by atoms with Crippen molar-refractivity contribution in [2.75, 3.05) is 0 Å². The molecule has 0 aliphatic carbocycles. The van der Waals surface area contributed by atoms with Gasteiger partial charge in [-0.2, -0.15) is 0 Å². The van der Waals surface area contributed by atoms with E-state index in [0.717, 1.165) is 23.7 Å². The summed E-state index contributed by atoms with van der Waals surface area (Å²) in [7, 11) is 0. The van der Waals surface area contributed by atoms with Crippen molar-refractivity contribution >= 4 is 0 Å². The molecule has 0 amide bonds. The predicted octanol–water partition coefficient (Wildman–Crippen LogP) is 6.08. The van der Waals surface area contributed by atoms with Crippen LogP contribution in [0.2, 0.25) is 0 Å². The number of allylic oxidation sites excluding steroid dienone is 2. The van der Waals surface area contributed by atoms with Crippen molar-refractivity contribution in [1.29, 1.82) is 0 Å². The minimum atomic E-state index is 0.770. The van der Waals surface area contributed by atoms with Crippen molar-refractivity contribution in [3.05, 3.63) is 11.6 Å². The highest BCUT2D eigenvalue weighted by atomic mass is 14.2. The van der Waals surface area contributed by atoms with Crippen LogP contribution < -0.4 is 0 Å². The fourth-order valence-corrected chi connectivity index (χ4v) is 2.45. The third kappa shape index (κ3) is 6.29. The molecular formula is C17H34. The molecule has 0 aliphatic rings. The Labute approximate surface area is 110 Å². The summed E-state index contributed by atoms with van der Waals surface area (Å²) in [5, 5.41) is 0. The standard InChI is InChI=1S/C17H34/c1-8-13(3)15(5)11-10-12-16(6)17(7)14(4)9-2/h8,14-17H,9-12H2,1-7H3. The van der Waals surface area contributed by atoms with E-state index in [0.29, 0.717) is 0 Å². The predicted molar refractivity (Wildman–Crippen MR) is 80.2 cm³/mol. The first kappa shape index (κ1) is 16.7. The largest absolute Gasteiger partial charge is 0.0885 e. The smallest absolute Gasteiger partial charge is 0.0235 e. The Kier molecular flexibility index (Phi) is 8.64. The molecule has 4 atom stereocenters. The fraction of sp³-hybridized carbons (Fsp3) is 0.882. The first-order valence-corrected chi connectivity index (χ1v) is 7.56. The number of rotatable bonds is 8. The van der Waals surface area contributed by atoms with Gasteiger partial charge < -0.3 is 0 Å². The lowest BCUT2D eigenvalue weighted by molar-refractivity contribution is 0.253. The van der Waals surface area contributed by atoms with E-state index in [4.69, 9.17) is 0 Å². The van der Waals surface area contributed by atoms with Gasteiger partial charge in [-0.25, -0.2) is 0 Å². The Morgan fingerprint density at radius 2 is 1.59 bits per heavy atom. The van der Waals surface area contributed by atoms with Crippen molar-refractivity contribution in [1.82, 2.24) is 0 Å². The lowest BCUT2D eigenvalue weighted by Crippen LogP contribution is -2.16. The van der Waals surface area contributed by atoms with Gasteiger partial charge in [0.25, 0.3) is 0 Å². The summed E-state index contributed by atoms with van der Waals surface area (Å²) in [4.78, 5) is 0. The van der Waals surface area contributed by atoms with Crippen LogP contribution in [0.25, 0.3) is 0 Å². The van der Waals surface area contributed by atoms with Crippen LogP contribution in [0.5, 0.6) is 0 Å². The Bertz CT molecular complexity index is 214. The zero-order valence-electron chi connectivity index (χ0n) is 13.2. The molecule has 0 saturated carbocycles. The molecule has 0 saturated heterocycles. The molecule has 0 radical (unpaired) electrons. The molecule has 4 unspecified atom stereocenters. The van der Waals surface area contributed by atoms with Gasteiger partial charge in [0.05, 0.1) is 0 Å². The van der Waals surface area contributed by atoms with Crippen LogP contribution in [0.4, 0.5) is 0 Å². The van der Waals surface area contributed by atoms with E-state index in [2.05, 4.69) is 54.5 Å². The quantitative estimate of drug-likeness (QED) is 0.450. The van der Waals surface area contributed by atoms with Crippen LogP contribution >= 0.6 is 0 Å². The van der Waals surface area contributed by atoms with Crippen LogP contribution in [0.15, 0.2) is 11.6 Å². The average Bonchev–Trinajstić information content (AvgIpc) is 2.35. The highest BCUT2D eigenvalue weighted by Crippen LogP contribution is 2.28. The molecule has 0 bridgehead atoms. The Balaban J connectivity index is 3.89. The molecule has 0 rings (SSSR count). The summed E-state index contributed by atoms with van der Waals surface area (Å²) in [6.45, 7) is 16.3. The van der Waals surface area contributed by atoms with E-state index >= 15 is 0 Å². The van der Waals surface area contributed by atoms with Crippen LogP contribution in [0, 0.1) is 23.7 Å². The van der Waals surface area contributed by atoms with E-state index in [9.17, 15) is 0 Å². The monoisotopic (exact) mass is 238 g/mol. The second-order valence-electron chi connectivity index (χ2n) is 6.09. The molecule has 0 spiro atoms. The molecule has 17 heavy (non-hydrogen) atoms. The Morgan fingerprint density at radius 3 is 2.06 bits per heavy atom. The van der Waals surface area contributed by atoms with Gasteiger partial charge in [-0.3, -0.25) is 0 Å². The average molecular weight is 238 g/mol. The third-order valence-electron chi connectivity index (χ3n) is 4.97. The Hall–Kier alpha value is -0.260. The summed E-state index contributed by atoms with van der Waals surface area (Å²) in [5.74, 6) is 3.40. The van der Waals surface area contributed by atoms with Gasteiger partial charge in [-0.15, -0.1) is 0 Å². The van der Waals surface area contributed by atoms with Gasteiger partial charge in [0.2, 0.25) is 0 Å². The second kappa shape index (κ2) is 8.78. The van der Waals surface area contributed by atoms with E-state index in [1.165, 1.54) is 25.7 Å². The van der Waals surface area contributed by atoms with Gasteiger partial charge in [0, 0.05) is 0 Å². The van der Waals surface area contributed by atoms with E-state index in [-0.39, 0.29) is 0 Å². The molecule has 0 fully saturated rings. The highest BCUT2D eigenvalue weighted by molar-refractivity contribution is 4.99. The molecule has 0 heteroatoms. The SMILES string of the molecule is CC=C(C)C(C)CCCC(C)C(C)C(C)CC. The maximum absolute atomic E-state index is 2.43. The lowest BCUT2D eigenvalue weighted by Gasteiger charge is -2.25. The summed E-state index contributed by atoms with van der Waals surface area (Å²) < 4.78 is 0. The molecule has 0 aromatic rings. The molecule has 0 aliphatic heterocycles. The van der Waals surface area contributed by atoms with Crippen LogP contribution in [0.3, 0.4) is 0 Å². The first-order chi connectivity index (χ1) is 7.93. The van der Waals surface area contributed by atoms with Crippen molar-refractivity contribution in [3.8, 4) is 0 Å². The van der Waals surface area contributed by atoms with Gasteiger partial charge in [0.1, 0.15) is 0 Å². The summed E-state index contributed by atoms with van der Waals surface area (Å²) in [6.07, 6.45) is 7.71. The topological polar surface area (TPSA) is 0 Å². The van der Waals surface area contributed by atoms with Crippen molar-refractivity contribution in [2.24, 2.45) is 23.7 Å². The molecule has 102 valence electrons. The maximum Gasteiger partial charge on any atom is -0.0235 e. The molecule has 0 nitrogen and oxygen atoms in total. The lowest BCUT2D eigenvalue weighted by atomic mass is 9.80. The molecule has 0 N–H and O–H groups in total. The zero-order chi connectivity index (χ0) is 13.4. The molecular weight excluding hydrogens is 204 g/mol. The van der Waals surface area contributed by atoms with Gasteiger partial charge >= 0.3 is 0 Å². The summed E-state index contributed by atoms with van der Waals surface area (Å²) in [5.41, 5.74) is 1.55. The Morgan fingerprint density at radius 1 is 1.00 bits per heavy atom. The minimum absolute atomic E-state index is 0.770. The summed E-state index contributed by atoms with van der Waals surface area (Å²) >= 11 is 0. The zero-order valence-corrected chi connectivity index (χ0v) is 13.2. The van der Waals surface area contributed by atoms with Gasteiger partial charge in [-0.1, -0.05) is 65.5 Å². The maximum atomic E-state index is 2.43. The highest BCUT2D eigenvalue weighted by Gasteiger charge is 2.17. The summed E-state index contributed by atoms with van der Waals surface area (Å²) in [6, 6.07) is 0. The van der Waals surface area contributed by atoms with Crippen molar-refractivity contribution < 1.29 is 0 Å².